The van der Waals surface area contributed by atoms with Crippen molar-refractivity contribution in [2.75, 3.05) is 27.2 Å². The van der Waals surface area contributed by atoms with Gasteiger partial charge in [0.25, 0.3) is 5.91 Å². The van der Waals surface area contributed by atoms with Gasteiger partial charge in [-0.25, -0.2) is 0 Å². The van der Waals surface area contributed by atoms with Crippen LogP contribution in [0.3, 0.4) is 0 Å². The lowest BCUT2D eigenvalue weighted by atomic mass is 10.1. The van der Waals surface area contributed by atoms with Crippen molar-refractivity contribution in [2.24, 2.45) is 0 Å². The second-order valence-electron chi connectivity index (χ2n) is 5.82. The van der Waals surface area contributed by atoms with Crippen LogP contribution in [0, 0.1) is 14.9 Å². The molecule has 0 spiro atoms. The lowest BCUT2D eigenvalue weighted by Gasteiger charge is -2.25. The van der Waals surface area contributed by atoms with Crippen molar-refractivity contribution in [3.8, 4) is 6.07 Å². The summed E-state index contributed by atoms with van der Waals surface area (Å²) < 4.78 is 0.954. The van der Waals surface area contributed by atoms with Crippen molar-refractivity contribution in [3.63, 3.8) is 0 Å². The van der Waals surface area contributed by atoms with Crippen molar-refractivity contribution >= 4 is 28.5 Å². The van der Waals surface area contributed by atoms with Gasteiger partial charge in [0.05, 0.1) is 17.2 Å². The van der Waals surface area contributed by atoms with E-state index in [1.165, 1.54) is 0 Å². The second kappa shape index (κ2) is 8.81. The molecule has 0 aromatic heterocycles. The molecule has 0 bridgehead atoms. The van der Waals surface area contributed by atoms with Gasteiger partial charge in [0, 0.05) is 23.2 Å². The Morgan fingerprint density at radius 3 is 2.33 bits per heavy atom. The van der Waals surface area contributed by atoms with Gasteiger partial charge in [-0.3, -0.25) is 4.79 Å². The Bertz CT molecular complexity index is 735. The van der Waals surface area contributed by atoms with Crippen LogP contribution in [-0.4, -0.2) is 42.9 Å². The molecule has 1 amide bonds. The molecule has 5 heteroatoms. The number of nitrogens with zero attached hydrogens (tertiary/aromatic N) is 3. The predicted molar refractivity (Wildman–Crippen MR) is 104 cm³/mol. The largest absolute Gasteiger partial charge is 0.333 e. The minimum absolute atomic E-state index is 0.0335. The standard InChI is InChI=1S/C19H20IN3O/c1-22(2)11-12-23(14-16-9-7-15(13-21)8-10-16)19(24)17-5-3-4-6-18(17)20/h3-10H,11-12,14H2,1-2H3. The van der Waals surface area contributed by atoms with E-state index in [9.17, 15) is 4.79 Å². The SMILES string of the molecule is CN(C)CCN(Cc1ccc(C#N)cc1)C(=O)c1ccccc1I. The molecule has 0 unspecified atom stereocenters. The first-order valence-electron chi connectivity index (χ1n) is 7.69. The molecule has 0 N–H and O–H groups in total. The number of hydrogen-bond acceptors (Lipinski definition) is 3. The highest BCUT2D eigenvalue weighted by Gasteiger charge is 2.18. The first-order valence-corrected chi connectivity index (χ1v) is 8.76. The second-order valence-corrected chi connectivity index (χ2v) is 6.98. The molecule has 0 fully saturated rings. The number of amides is 1. The monoisotopic (exact) mass is 433 g/mol. The average molecular weight is 433 g/mol. The molecule has 0 aliphatic carbocycles. The minimum atomic E-state index is 0.0335. The normalized spacial score (nSPS) is 10.5. The quantitative estimate of drug-likeness (QED) is 0.657. The number of likely N-dealkylation sites (N-methyl/N-ethyl adjacent to an activating group) is 1. The first-order chi connectivity index (χ1) is 11.5. The number of halogens is 1. The van der Waals surface area contributed by atoms with Gasteiger partial charge in [-0.05, 0) is 66.5 Å². The topological polar surface area (TPSA) is 47.3 Å². The van der Waals surface area contributed by atoms with E-state index < -0.39 is 0 Å². The van der Waals surface area contributed by atoms with Crippen LogP contribution in [0.1, 0.15) is 21.5 Å². The van der Waals surface area contributed by atoms with E-state index in [0.29, 0.717) is 18.7 Å². The number of nitriles is 1. The van der Waals surface area contributed by atoms with Crippen LogP contribution in [0.5, 0.6) is 0 Å². The third kappa shape index (κ3) is 5.05. The van der Waals surface area contributed by atoms with Gasteiger partial charge in [0.15, 0.2) is 0 Å². The van der Waals surface area contributed by atoms with E-state index in [1.54, 1.807) is 12.1 Å². The summed E-state index contributed by atoms with van der Waals surface area (Å²) in [5.41, 5.74) is 2.38. The molecule has 0 heterocycles. The summed E-state index contributed by atoms with van der Waals surface area (Å²) in [7, 11) is 3.99. The summed E-state index contributed by atoms with van der Waals surface area (Å²) in [4.78, 5) is 16.9. The zero-order valence-electron chi connectivity index (χ0n) is 13.9. The van der Waals surface area contributed by atoms with E-state index in [4.69, 9.17) is 5.26 Å². The zero-order chi connectivity index (χ0) is 17.5. The van der Waals surface area contributed by atoms with E-state index >= 15 is 0 Å². The third-order valence-electron chi connectivity index (χ3n) is 3.67. The van der Waals surface area contributed by atoms with Crippen molar-refractivity contribution in [1.29, 1.82) is 5.26 Å². The van der Waals surface area contributed by atoms with Crippen molar-refractivity contribution in [2.45, 2.75) is 6.54 Å². The summed E-state index contributed by atoms with van der Waals surface area (Å²) in [6.45, 7) is 1.98. The third-order valence-corrected chi connectivity index (χ3v) is 4.61. The summed E-state index contributed by atoms with van der Waals surface area (Å²) in [5, 5.41) is 8.90. The average Bonchev–Trinajstić information content (AvgIpc) is 2.59. The van der Waals surface area contributed by atoms with Gasteiger partial charge in [0.1, 0.15) is 0 Å². The van der Waals surface area contributed by atoms with E-state index in [0.717, 1.165) is 21.2 Å². The number of carbonyl (C=O) groups is 1. The fraction of sp³-hybridized carbons (Fsp3) is 0.263. The first kappa shape index (κ1) is 18.4. The maximum absolute atomic E-state index is 13.0. The fourth-order valence-electron chi connectivity index (χ4n) is 2.28. The summed E-state index contributed by atoms with van der Waals surface area (Å²) in [6.07, 6.45) is 0. The molecule has 24 heavy (non-hydrogen) atoms. The highest BCUT2D eigenvalue weighted by Crippen LogP contribution is 2.16. The van der Waals surface area contributed by atoms with E-state index in [2.05, 4.69) is 33.6 Å². The highest BCUT2D eigenvalue weighted by molar-refractivity contribution is 14.1. The molecule has 0 aliphatic rings. The number of hydrogen-bond donors (Lipinski definition) is 0. The maximum atomic E-state index is 13.0. The number of benzene rings is 2. The Morgan fingerprint density at radius 2 is 1.75 bits per heavy atom. The number of carbonyl (C=O) groups excluding carboxylic acids is 1. The van der Waals surface area contributed by atoms with Gasteiger partial charge in [-0.15, -0.1) is 0 Å². The molecule has 0 atom stereocenters. The Labute approximate surface area is 156 Å². The molecule has 0 saturated carbocycles. The molecule has 0 saturated heterocycles. The van der Waals surface area contributed by atoms with Crippen LogP contribution < -0.4 is 0 Å². The molecule has 0 aliphatic heterocycles. The van der Waals surface area contributed by atoms with Crippen molar-refractivity contribution < 1.29 is 4.79 Å². The van der Waals surface area contributed by atoms with Crippen LogP contribution in [0.15, 0.2) is 48.5 Å². The molecule has 4 nitrogen and oxygen atoms in total. The van der Waals surface area contributed by atoms with Gasteiger partial charge in [-0.2, -0.15) is 5.26 Å². The van der Waals surface area contributed by atoms with Crippen LogP contribution >= 0.6 is 22.6 Å². The Kier molecular flexibility index (Phi) is 6.76. The summed E-state index contributed by atoms with van der Waals surface area (Å²) in [5.74, 6) is 0.0335. The predicted octanol–water partition coefficient (Wildman–Crippen LogP) is 3.37. The summed E-state index contributed by atoms with van der Waals surface area (Å²) in [6, 6.07) is 17.1. The summed E-state index contributed by atoms with van der Waals surface area (Å²) >= 11 is 2.20. The van der Waals surface area contributed by atoms with Crippen LogP contribution in [0.2, 0.25) is 0 Å². The molecule has 2 aromatic rings. The molecule has 2 rings (SSSR count). The lowest BCUT2D eigenvalue weighted by molar-refractivity contribution is 0.0731. The smallest absolute Gasteiger partial charge is 0.255 e. The van der Waals surface area contributed by atoms with Gasteiger partial charge < -0.3 is 9.80 Å². The Balaban J connectivity index is 2.21. The number of rotatable bonds is 6. The molecular weight excluding hydrogens is 413 g/mol. The maximum Gasteiger partial charge on any atom is 0.255 e. The van der Waals surface area contributed by atoms with Crippen LogP contribution in [0.25, 0.3) is 0 Å². The van der Waals surface area contributed by atoms with Crippen LogP contribution in [-0.2, 0) is 6.54 Å². The van der Waals surface area contributed by atoms with E-state index in [-0.39, 0.29) is 5.91 Å². The minimum Gasteiger partial charge on any atom is -0.333 e. The zero-order valence-corrected chi connectivity index (χ0v) is 16.0. The van der Waals surface area contributed by atoms with Crippen LogP contribution in [0.4, 0.5) is 0 Å². The fourth-order valence-corrected chi connectivity index (χ4v) is 2.90. The van der Waals surface area contributed by atoms with Crippen molar-refractivity contribution in [1.82, 2.24) is 9.80 Å². The highest BCUT2D eigenvalue weighted by atomic mass is 127. The lowest BCUT2D eigenvalue weighted by Crippen LogP contribution is -2.36. The Hall–Kier alpha value is -1.91. The molecule has 124 valence electrons. The molecule has 0 radical (unpaired) electrons. The Morgan fingerprint density at radius 1 is 1.08 bits per heavy atom. The van der Waals surface area contributed by atoms with Gasteiger partial charge >= 0.3 is 0 Å². The van der Waals surface area contributed by atoms with Gasteiger partial charge in [0.2, 0.25) is 0 Å². The van der Waals surface area contributed by atoms with Gasteiger partial charge in [-0.1, -0.05) is 24.3 Å². The van der Waals surface area contributed by atoms with Crippen molar-refractivity contribution in [3.05, 3.63) is 68.8 Å². The van der Waals surface area contributed by atoms with E-state index in [1.807, 2.05) is 55.4 Å². The molecular formula is C19H20IN3O. The molecule has 2 aromatic carbocycles.